The van der Waals surface area contributed by atoms with E-state index < -0.39 is 0 Å². The van der Waals surface area contributed by atoms with Crippen LogP contribution in [0, 0.1) is 17.8 Å². The summed E-state index contributed by atoms with van der Waals surface area (Å²) in [6, 6.07) is -0.246. The maximum absolute atomic E-state index is 12.3. The van der Waals surface area contributed by atoms with Gasteiger partial charge in [0.05, 0.1) is 6.54 Å². The molecule has 0 radical (unpaired) electrons. The second-order valence-corrected chi connectivity index (χ2v) is 8.83. The molecule has 10 heteroatoms. The number of amides is 1. The Morgan fingerprint density at radius 3 is 2.48 bits per heavy atom. The zero-order valence-corrected chi connectivity index (χ0v) is 21.4. The number of hydrazine groups is 1. The predicted octanol–water partition coefficient (Wildman–Crippen LogP) is 1.17. The molecule has 4 atom stereocenters. The average Bonchev–Trinajstić information content (AvgIpc) is 2.82. The van der Waals surface area contributed by atoms with Crippen LogP contribution in [-0.4, -0.2) is 69.5 Å². The van der Waals surface area contributed by atoms with Gasteiger partial charge in [-0.05, 0) is 63.6 Å². The molecular formula is C23H49N7O3. The number of piperidine rings is 1. The van der Waals surface area contributed by atoms with E-state index in [1.165, 1.54) is 24.2 Å². The lowest BCUT2D eigenvalue weighted by Gasteiger charge is -2.42. The number of nitrogens with two attached hydrogens (primary N) is 2. The summed E-state index contributed by atoms with van der Waals surface area (Å²) >= 11 is 0. The van der Waals surface area contributed by atoms with Crippen molar-refractivity contribution in [3.8, 4) is 0 Å². The highest BCUT2D eigenvalue weighted by atomic mass is 16.5. The number of hydrazone groups is 1. The topological polar surface area (TPSA) is 147 Å². The van der Waals surface area contributed by atoms with E-state index in [1.54, 1.807) is 7.05 Å². The molecule has 0 aromatic rings. The number of likely N-dealkylation sites (N-methyl/N-ethyl adjacent to an activating group) is 1. The number of nitrogens with zero attached hydrogens (tertiary/aromatic N) is 2. The lowest BCUT2D eigenvalue weighted by atomic mass is 9.69. The van der Waals surface area contributed by atoms with E-state index in [0.29, 0.717) is 30.1 Å². The highest BCUT2D eigenvalue weighted by Gasteiger charge is 2.38. The first kappa shape index (κ1) is 31.1. The zero-order valence-electron chi connectivity index (χ0n) is 21.4. The minimum absolute atomic E-state index is 0.213. The van der Waals surface area contributed by atoms with E-state index >= 15 is 0 Å². The number of nitrogens with one attached hydrogen (secondary N) is 3. The number of rotatable bonds is 10. The second-order valence-electron chi connectivity index (χ2n) is 8.83. The minimum atomic E-state index is -0.246. The van der Waals surface area contributed by atoms with Gasteiger partial charge in [0, 0.05) is 13.5 Å². The number of carbonyl (C=O) groups is 2. The van der Waals surface area contributed by atoms with Crippen LogP contribution in [0.4, 0.5) is 0 Å². The number of carbonyl (C=O) groups excluding carboxylic acids is 2. The molecule has 7 N–H and O–H groups in total. The van der Waals surface area contributed by atoms with Crippen molar-refractivity contribution < 1.29 is 14.3 Å². The molecule has 33 heavy (non-hydrogen) atoms. The van der Waals surface area contributed by atoms with E-state index in [9.17, 15) is 9.59 Å². The number of esters is 1. The van der Waals surface area contributed by atoms with E-state index in [2.05, 4.69) is 42.0 Å². The van der Waals surface area contributed by atoms with Crippen LogP contribution < -0.4 is 27.7 Å². The molecule has 2 rings (SSSR count). The Morgan fingerprint density at radius 2 is 1.91 bits per heavy atom. The van der Waals surface area contributed by atoms with Crippen LogP contribution >= 0.6 is 0 Å². The first-order valence-electron chi connectivity index (χ1n) is 12.3. The second kappa shape index (κ2) is 19.5. The lowest BCUT2D eigenvalue weighted by Crippen LogP contribution is -2.50. The van der Waals surface area contributed by atoms with Crippen molar-refractivity contribution in [2.75, 3.05) is 40.3 Å². The van der Waals surface area contributed by atoms with Crippen molar-refractivity contribution in [2.24, 2.45) is 34.4 Å². The first-order valence-corrected chi connectivity index (χ1v) is 12.3. The third kappa shape index (κ3) is 14.1. The van der Waals surface area contributed by atoms with E-state index in [1.807, 2.05) is 7.05 Å². The van der Waals surface area contributed by atoms with Crippen LogP contribution in [0.2, 0.25) is 0 Å². The van der Waals surface area contributed by atoms with Crippen LogP contribution in [0.3, 0.4) is 0 Å². The van der Waals surface area contributed by atoms with Crippen molar-refractivity contribution in [3.63, 3.8) is 0 Å². The average molecular weight is 472 g/mol. The Bertz CT molecular complexity index is 546. The van der Waals surface area contributed by atoms with E-state index in [4.69, 9.17) is 16.3 Å². The molecule has 4 unspecified atom stereocenters. The van der Waals surface area contributed by atoms with Crippen LogP contribution in [0.15, 0.2) is 5.10 Å². The number of hydrogen-bond donors (Lipinski definition) is 5. The smallest absolute Gasteiger partial charge is 0.323 e. The molecule has 0 aromatic carbocycles. The third-order valence-corrected chi connectivity index (χ3v) is 5.94. The fourth-order valence-electron chi connectivity index (χ4n) is 4.04. The van der Waals surface area contributed by atoms with Gasteiger partial charge in [0.2, 0.25) is 6.41 Å². The quantitative estimate of drug-likeness (QED) is 0.0796. The zero-order chi connectivity index (χ0) is 25.1. The highest BCUT2D eigenvalue weighted by molar-refractivity contribution is 5.79. The van der Waals surface area contributed by atoms with E-state index in [-0.39, 0.29) is 18.6 Å². The summed E-state index contributed by atoms with van der Waals surface area (Å²) in [6.45, 7) is 8.90. The lowest BCUT2D eigenvalue weighted by molar-refractivity contribution is -0.148. The maximum Gasteiger partial charge on any atom is 0.323 e. The Hall–Kier alpha value is -1.91. The molecule has 0 spiro atoms. The molecule has 1 saturated carbocycles. The summed E-state index contributed by atoms with van der Waals surface area (Å²) in [6.07, 6.45) is 8.02. The fourth-order valence-corrected chi connectivity index (χ4v) is 4.04. The Labute approximate surface area is 200 Å². The molecule has 0 bridgehead atoms. The summed E-state index contributed by atoms with van der Waals surface area (Å²) in [5.41, 5.74) is 8.01. The molecule has 10 nitrogen and oxygen atoms in total. The van der Waals surface area contributed by atoms with Gasteiger partial charge in [0.25, 0.3) is 0 Å². The molecule has 1 saturated heterocycles. The van der Waals surface area contributed by atoms with Gasteiger partial charge < -0.3 is 26.0 Å². The molecule has 2 aliphatic rings. The van der Waals surface area contributed by atoms with Gasteiger partial charge in [-0.1, -0.05) is 33.6 Å². The van der Waals surface area contributed by atoms with Gasteiger partial charge in [0.1, 0.15) is 18.5 Å². The highest BCUT2D eigenvalue weighted by Crippen LogP contribution is 2.40. The summed E-state index contributed by atoms with van der Waals surface area (Å²) < 4.78 is 5.31. The van der Waals surface area contributed by atoms with Crippen LogP contribution in [0.25, 0.3) is 0 Å². The Balaban J connectivity index is 0.00000129. The van der Waals surface area contributed by atoms with Gasteiger partial charge >= 0.3 is 5.97 Å². The van der Waals surface area contributed by atoms with Gasteiger partial charge in [0.15, 0.2) is 0 Å². The van der Waals surface area contributed by atoms with Crippen molar-refractivity contribution in [3.05, 3.63) is 0 Å². The number of fused-ring (bicyclic) bond motifs is 1. The van der Waals surface area contributed by atoms with E-state index in [0.717, 1.165) is 45.2 Å². The molecule has 1 aliphatic heterocycles. The summed E-state index contributed by atoms with van der Waals surface area (Å²) in [4.78, 5) is 24.3. The molecular weight excluding hydrogens is 422 g/mol. The monoisotopic (exact) mass is 471 g/mol. The maximum atomic E-state index is 12.3. The predicted molar refractivity (Wildman–Crippen MR) is 134 cm³/mol. The SMILES string of the molecule is CCC.CCNC.CN(C=O)CCOC(=O)C1CC2CC(CC/C(N)=N/NN)CCC2CN1. The largest absolute Gasteiger partial charge is 0.463 e. The van der Waals surface area contributed by atoms with Crippen LogP contribution in [0.5, 0.6) is 0 Å². The van der Waals surface area contributed by atoms with Gasteiger partial charge in [-0.15, -0.1) is 0 Å². The number of ether oxygens (including phenoxy) is 1. The normalized spacial score (nSPS) is 24.1. The molecule has 1 amide bonds. The molecule has 1 heterocycles. The minimum Gasteiger partial charge on any atom is -0.463 e. The van der Waals surface area contributed by atoms with Crippen molar-refractivity contribution in [1.82, 2.24) is 21.1 Å². The number of amidine groups is 1. The first-order chi connectivity index (χ1) is 15.9. The van der Waals surface area contributed by atoms with Gasteiger partial charge in [-0.25, -0.2) is 11.4 Å². The Kier molecular flexibility index (Phi) is 18.4. The summed E-state index contributed by atoms with van der Waals surface area (Å²) in [5.74, 6) is 7.24. The van der Waals surface area contributed by atoms with Gasteiger partial charge in [-0.2, -0.15) is 5.10 Å². The van der Waals surface area contributed by atoms with Crippen molar-refractivity contribution in [2.45, 2.75) is 71.8 Å². The molecule has 2 fully saturated rings. The molecule has 0 aromatic heterocycles. The fraction of sp³-hybridized carbons (Fsp3) is 0.870. The summed E-state index contributed by atoms with van der Waals surface area (Å²) in [7, 11) is 3.59. The van der Waals surface area contributed by atoms with Gasteiger partial charge in [-0.3, -0.25) is 9.59 Å². The van der Waals surface area contributed by atoms with Crippen molar-refractivity contribution in [1.29, 1.82) is 0 Å². The van der Waals surface area contributed by atoms with Crippen LogP contribution in [0.1, 0.15) is 65.7 Å². The van der Waals surface area contributed by atoms with Crippen molar-refractivity contribution >= 4 is 18.2 Å². The van der Waals surface area contributed by atoms with Crippen LogP contribution in [-0.2, 0) is 14.3 Å². The standard InChI is InChI=1S/C17H32N6O3.C3H9N.C3H8/c1-23(11-24)6-7-26-17(25)15-9-14-8-12(2-4-13(14)10-20-15)3-5-16(18)21-22-19;1-3-4-2;1-3-2/h11-15,20,22H,2-10,19H2,1H3,(H2,18,21);4H,3H2,1-2H3;3H2,1-2H3. The molecule has 194 valence electrons. The summed E-state index contributed by atoms with van der Waals surface area (Å²) in [5, 5.41) is 10.1. The molecule has 1 aliphatic carbocycles. The Morgan fingerprint density at radius 1 is 1.24 bits per heavy atom. The third-order valence-electron chi connectivity index (χ3n) is 5.94. The number of hydrogen-bond acceptors (Lipinski definition) is 8.